The summed E-state index contributed by atoms with van der Waals surface area (Å²) >= 11 is 0. The summed E-state index contributed by atoms with van der Waals surface area (Å²) in [4.78, 5) is 0. The van der Waals surface area contributed by atoms with E-state index < -0.39 is 8.80 Å². The summed E-state index contributed by atoms with van der Waals surface area (Å²) in [5.41, 5.74) is 0.197. The molecule has 0 saturated heterocycles. The van der Waals surface area contributed by atoms with Crippen LogP contribution >= 0.6 is 0 Å². The zero-order chi connectivity index (χ0) is 14.6. The van der Waals surface area contributed by atoms with Crippen LogP contribution in [0.5, 0.6) is 0 Å². The highest BCUT2D eigenvalue weighted by Gasteiger charge is 2.45. The molecule has 0 heterocycles. The van der Waals surface area contributed by atoms with Crippen molar-refractivity contribution >= 4 is 8.80 Å². The lowest BCUT2D eigenvalue weighted by atomic mass is 10.1. The van der Waals surface area contributed by atoms with Crippen LogP contribution in [-0.4, -0.2) is 30.1 Å². The van der Waals surface area contributed by atoms with Gasteiger partial charge in [-0.1, -0.05) is 57.9 Å². The zero-order valence-electron chi connectivity index (χ0n) is 13.2. The zero-order valence-corrected chi connectivity index (χ0v) is 14.2. The molecule has 0 aromatic heterocycles. The van der Waals surface area contributed by atoms with Gasteiger partial charge < -0.3 is 13.3 Å². The van der Waals surface area contributed by atoms with Gasteiger partial charge in [0.15, 0.2) is 0 Å². The van der Waals surface area contributed by atoms with Gasteiger partial charge in [-0.05, 0) is 6.42 Å². The van der Waals surface area contributed by atoms with E-state index in [-0.39, 0.29) is 5.54 Å². The van der Waals surface area contributed by atoms with Gasteiger partial charge in [0.05, 0.1) is 0 Å². The molecule has 1 unspecified atom stereocenters. The molecule has 0 aromatic carbocycles. The van der Waals surface area contributed by atoms with Gasteiger partial charge in [0.25, 0.3) is 0 Å². The van der Waals surface area contributed by atoms with Crippen LogP contribution in [0.4, 0.5) is 0 Å². The summed E-state index contributed by atoms with van der Waals surface area (Å²) in [6, 6.07) is 0. The highest BCUT2D eigenvalue weighted by molar-refractivity contribution is 6.62. The monoisotopic (exact) mass is 288 g/mol. The van der Waals surface area contributed by atoms with Crippen LogP contribution in [0.3, 0.4) is 0 Å². The molecule has 0 rings (SSSR count). The summed E-state index contributed by atoms with van der Waals surface area (Å²) in [5.74, 6) is 0. The van der Waals surface area contributed by atoms with Gasteiger partial charge in [0.1, 0.15) is 0 Å². The standard InChI is InChI=1S/C15H32O3Si/c1-6-8-9-10-11-12-13-14-15(7-2)19(16-3,17-4)18-5/h7,15H,2,6,8-14H2,1,3-5H3. The molecule has 0 aliphatic rings. The molecule has 0 fully saturated rings. The molecule has 3 nitrogen and oxygen atoms in total. The van der Waals surface area contributed by atoms with Crippen LogP contribution in [0.1, 0.15) is 58.3 Å². The topological polar surface area (TPSA) is 27.7 Å². The normalized spacial score (nSPS) is 13.5. The average Bonchev–Trinajstić information content (AvgIpc) is 2.46. The third-order valence-corrected chi connectivity index (χ3v) is 6.85. The van der Waals surface area contributed by atoms with E-state index in [0.29, 0.717) is 0 Å². The van der Waals surface area contributed by atoms with E-state index in [1.807, 2.05) is 6.08 Å². The van der Waals surface area contributed by atoms with E-state index in [4.69, 9.17) is 13.3 Å². The molecule has 0 aliphatic heterocycles. The third kappa shape index (κ3) is 6.70. The van der Waals surface area contributed by atoms with Crippen molar-refractivity contribution in [3.8, 4) is 0 Å². The van der Waals surface area contributed by atoms with E-state index in [9.17, 15) is 0 Å². The molecule has 0 aromatic rings. The Hall–Kier alpha value is -0.163. The first-order valence-corrected chi connectivity index (χ1v) is 9.28. The van der Waals surface area contributed by atoms with Crippen molar-refractivity contribution in [2.45, 2.75) is 63.8 Å². The molecule has 0 aliphatic carbocycles. The van der Waals surface area contributed by atoms with Crippen LogP contribution in [-0.2, 0) is 13.3 Å². The van der Waals surface area contributed by atoms with Crippen molar-refractivity contribution in [3.63, 3.8) is 0 Å². The van der Waals surface area contributed by atoms with E-state index in [1.165, 1.54) is 44.9 Å². The predicted octanol–water partition coefficient (Wildman–Crippen LogP) is 4.56. The Bertz CT molecular complexity index is 209. The van der Waals surface area contributed by atoms with E-state index in [1.54, 1.807) is 21.3 Å². The first-order valence-electron chi connectivity index (χ1n) is 7.48. The Labute approximate surface area is 120 Å². The molecule has 114 valence electrons. The molecule has 0 radical (unpaired) electrons. The summed E-state index contributed by atoms with van der Waals surface area (Å²) in [5, 5.41) is 0. The van der Waals surface area contributed by atoms with Gasteiger partial charge in [-0.25, -0.2) is 0 Å². The molecular weight excluding hydrogens is 256 g/mol. The largest absolute Gasteiger partial charge is 0.507 e. The minimum Gasteiger partial charge on any atom is -0.376 e. The number of allylic oxidation sites excluding steroid dienone is 1. The Balaban J connectivity index is 3.96. The summed E-state index contributed by atoms with van der Waals surface area (Å²) < 4.78 is 16.6. The van der Waals surface area contributed by atoms with Crippen LogP contribution < -0.4 is 0 Å². The number of hydrogen-bond donors (Lipinski definition) is 0. The Kier molecular flexibility index (Phi) is 11.5. The lowest BCUT2D eigenvalue weighted by Crippen LogP contribution is -2.47. The Morgan fingerprint density at radius 2 is 1.37 bits per heavy atom. The second-order valence-electron chi connectivity index (χ2n) is 4.97. The van der Waals surface area contributed by atoms with Crippen LogP contribution in [0.15, 0.2) is 12.7 Å². The fourth-order valence-corrected chi connectivity index (χ4v) is 4.72. The van der Waals surface area contributed by atoms with Gasteiger partial charge in [0, 0.05) is 26.9 Å². The molecule has 0 spiro atoms. The maximum atomic E-state index is 5.52. The summed E-state index contributed by atoms with van der Waals surface area (Å²) in [6.07, 6.45) is 12.2. The SMILES string of the molecule is C=CC(CCCCCCCCC)[Si](OC)(OC)OC. The van der Waals surface area contributed by atoms with Crippen molar-refractivity contribution in [3.05, 3.63) is 12.7 Å². The minimum atomic E-state index is -2.55. The Morgan fingerprint density at radius 1 is 0.895 bits per heavy atom. The van der Waals surface area contributed by atoms with Crippen molar-refractivity contribution in [2.24, 2.45) is 0 Å². The quantitative estimate of drug-likeness (QED) is 0.282. The smallest absolute Gasteiger partial charge is 0.376 e. The molecule has 1 atom stereocenters. The van der Waals surface area contributed by atoms with Gasteiger partial charge in [-0.2, -0.15) is 0 Å². The maximum Gasteiger partial charge on any atom is 0.507 e. The molecule has 4 heteroatoms. The first-order chi connectivity index (χ1) is 9.20. The fraction of sp³-hybridized carbons (Fsp3) is 0.867. The second-order valence-corrected chi connectivity index (χ2v) is 8.14. The van der Waals surface area contributed by atoms with E-state index in [2.05, 4.69) is 13.5 Å². The maximum absolute atomic E-state index is 5.52. The highest BCUT2D eigenvalue weighted by Crippen LogP contribution is 2.30. The predicted molar refractivity (Wildman–Crippen MR) is 83.3 cm³/mol. The number of hydrogen-bond acceptors (Lipinski definition) is 3. The molecule has 0 bridgehead atoms. The highest BCUT2D eigenvalue weighted by atomic mass is 28.4. The minimum absolute atomic E-state index is 0.197. The van der Waals surface area contributed by atoms with Gasteiger partial charge >= 0.3 is 8.80 Å². The van der Waals surface area contributed by atoms with E-state index in [0.717, 1.165) is 6.42 Å². The van der Waals surface area contributed by atoms with Crippen molar-refractivity contribution in [1.82, 2.24) is 0 Å². The Morgan fingerprint density at radius 3 is 1.79 bits per heavy atom. The lowest BCUT2D eigenvalue weighted by Gasteiger charge is -2.30. The van der Waals surface area contributed by atoms with Crippen LogP contribution in [0.25, 0.3) is 0 Å². The lowest BCUT2D eigenvalue weighted by molar-refractivity contribution is 0.115. The van der Waals surface area contributed by atoms with Gasteiger partial charge in [0.2, 0.25) is 0 Å². The third-order valence-electron chi connectivity index (χ3n) is 3.71. The van der Waals surface area contributed by atoms with Crippen LogP contribution in [0.2, 0.25) is 5.54 Å². The molecule has 19 heavy (non-hydrogen) atoms. The first kappa shape index (κ1) is 18.8. The number of rotatable bonds is 13. The fourth-order valence-electron chi connectivity index (χ4n) is 2.46. The van der Waals surface area contributed by atoms with Crippen molar-refractivity contribution in [2.75, 3.05) is 21.3 Å². The molecule has 0 amide bonds. The molecule has 0 N–H and O–H groups in total. The number of unbranched alkanes of at least 4 members (excludes halogenated alkanes) is 6. The van der Waals surface area contributed by atoms with Gasteiger partial charge in [-0.3, -0.25) is 0 Å². The average molecular weight is 289 g/mol. The van der Waals surface area contributed by atoms with Gasteiger partial charge in [-0.15, -0.1) is 6.58 Å². The van der Waals surface area contributed by atoms with Crippen molar-refractivity contribution < 1.29 is 13.3 Å². The van der Waals surface area contributed by atoms with E-state index >= 15 is 0 Å². The summed E-state index contributed by atoms with van der Waals surface area (Å²) in [6.45, 7) is 6.15. The van der Waals surface area contributed by atoms with Crippen LogP contribution in [0, 0.1) is 0 Å². The molecular formula is C15H32O3Si. The van der Waals surface area contributed by atoms with Crippen molar-refractivity contribution in [1.29, 1.82) is 0 Å². The summed E-state index contributed by atoms with van der Waals surface area (Å²) in [7, 11) is 2.46. The second kappa shape index (κ2) is 11.6. The molecule has 0 saturated carbocycles.